The summed E-state index contributed by atoms with van der Waals surface area (Å²) in [7, 11) is 3.11. The number of aromatic amines is 1. The summed E-state index contributed by atoms with van der Waals surface area (Å²) in [6, 6.07) is 14.1. The number of ether oxygens (including phenoxy) is 2. The summed E-state index contributed by atoms with van der Waals surface area (Å²) < 4.78 is 10.6. The lowest BCUT2D eigenvalue weighted by Gasteiger charge is -2.19. The third kappa shape index (κ3) is 4.11. The van der Waals surface area contributed by atoms with E-state index >= 15 is 0 Å². The lowest BCUT2D eigenvalue weighted by Crippen LogP contribution is -2.85. The Balaban J connectivity index is 1.89. The zero-order valence-electron chi connectivity index (χ0n) is 16.2. The summed E-state index contributed by atoms with van der Waals surface area (Å²) in [6.45, 7) is 4.97. The molecule has 1 aromatic heterocycles. The molecule has 27 heavy (non-hydrogen) atoms. The molecule has 3 rings (SSSR count). The van der Waals surface area contributed by atoms with Gasteiger partial charge in [0.25, 0.3) is 5.56 Å². The molecule has 0 aliphatic rings. The third-order valence-corrected chi connectivity index (χ3v) is 4.73. The van der Waals surface area contributed by atoms with Crippen LogP contribution in [0.15, 0.2) is 47.3 Å². The van der Waals surface area contributed by atoms with Gasteiger partial charge in [-0.3, -0.25) is 4.79 Å². The molecule has 6 nitrogen and oxygen atoms in total. The number of fused-ring (bicyclic) bond motifs is 1. The van der Waals surface area contributed by atoms with Gasteiger partial charge in [-0.05, 0) is 6.07 Å². The van der Waals surface area contributed by atoms with Crippen LogP contribution in [0.4, 0.5) is 0 Å². The first-order valence-corrected chi connectivity index (χ1v) is 9.06. The normalized spacial score (nSPS) is 12.3. The summed E-state index contributed by atoms with van der Waals surface area (Å²) in [4.78, 5) is 20.0. The van der Waals surface area contributed by atoms with E-state index in [-0.39, 0.29) is 11.6 Å². The second kappa shape index (κ2) is 8.22. The van der Waals surface area contributed by atoms with Gasteiger partial charge in [-0.15, -0.1) is 0 Å². The van der Waals surface area contributed by atoms with E-state index < -0.39 is 0 Å². The number of hydrogen-bond acceptors (Lipinski definition) is 4. The molecule has 0 aliphatic heterocycles. The minimum absolute atomic E-state index is 0.176. The molecular formula is C21H26N3O3+. The Kier molecular flexibility index (Phi) is 5.76. The SMILES string of the molecule is COc1cc2nc(C[NH2+][C@H](c3ccccc3)C(C)C)[nH]c(=O)c2cc1OC. The van der Waals surface area contributed by atoms with Gasteiger partial charge in [0.2, 0.25) is 0 Å². The van der Waals surface area contributed by atoms with Gasteiger partial charge in [-0.1, -0.05) is 44.2 Å². The van der Waals surface area contributed by atoms with Gasteiger partial charge in [-0.2, -0.15) is 0 Å². The molecule has 6 heteroatoms. The predicted molar refractivity (Wildman–Crippen MR) is 105 cm³/mol. The number of nitrogens with zero attached hydrogens (tertiary/aromatic N) is 1. The average molecular weight is 368 g/mol. The summed E-state index contributed by atoms with van der Waals surface area (Å²) in [5.41, 5.74) is 1.69. The largest absolute Gasteiger partial charge is 0.493 e. The standard InChI is InChI=1S/C21H25N3O3/c1-13(2)20(14-8-6-5-7-9-14)22-12-19-23-16-11-18(27-4)17(26-3)10-15(16)21(25)24-19/h5-11,13,20,22H,12H2,1-4H3,(H,23,24,25)/p+1/t20-/m0/s1. The topological polar surface area (TPSA) is 80.8 Å². The summed E-state index contributed by atoms with van der Waals surface area (Å²) >= 11 is 0. The molecular weight excluding hydrogens is 342 g/mol. The average Bonchev–Trinajstić information content (AvgIpc) is 2.67. The third-order valence-electron chi connectivity index (χ3n) is 4.73. The first-order chi connectivity index (χ1) is 13.0. The highest BCUT2D eigenvalue weighted by Gasteiger charge is 2.19. The van der Waals surface area contributed by atoms with E-state index in [1.54, 1.807) is 26.4 Å². The van der Waals surface area contributed by atoms with Crippen LogP contribution in [-0.2, 0) is 6.54 Å². The van der Waals surface area contributed by atoms with E-state index in [0.717, 1.165) is 0 Å². The number of nitrogens with one attached hydrogen (secondary N) is 1. The first kappa shape index (κ1) is 18.9. The minimum Gasteiger partial charge on any atom is -0.493 e. The van der Waals surface area contributed by atoms with Crippen LogP contribution in [0.25, 0.3) is 10.9 Å². The molecule has 142 valence electrons. The molecule has 3 N–H and O–H groups in total. The molecule has 0 radical (unpaired) electrons. The van der Waals surface area contributed by atoms with E-state index in [9.17, 15) is 4.79 Å². The van der Waals surface area contributed by atoms with Crippen molar-refractivity contribution in [3.05, 3.63) is 64.2 Å². The fraction of sp³-hybridized carbons (Fsp3) is 0.333. The van der Waals surface area contributed by atoms with Crippen molar-refractivity contribution in [1.29, 1.82) is 0 Å². The van der Waals surface area contributed by atoms with E-state index in [0.29, 0.717) is 40.7 Å². The van der Waals surface area contributed by atoms with Crippen LogP contribution in [0.3, 0.4) is 0 Å². The Morgan fingerprint density at radius 3 is 2.37 bits per heavy atom. The quantitative estimate of drug-likeness (QED) is 0.671. The van der Waals surface area contributed by atoms with Crippen LogP contribution in [0.2, 0.25) is 0 Å². The van der Waals surface area contributed by atoms with Crippen LogP contribution in [0, 0.1) is 5.92 Å². The van der Waals surface area contributed by atoms with E-state index in [2.05, 4.69) is 41.3 Å². The molecule has 0 bridgehead atoms. The molecule has 3 aromatic rings. The smallest absolute Gasteiger partial charge is 0.259 e. The number of benzene rings is 2. The zero-order chi connectivity index (χ0) is 19.4. The lowest BCUT2D eigenvalue weighted by molar-refractivity contribution is -0.718. The lowest BCUT2D eigenvalue weighted by atomic mass is 9.96. The van der Waals surface area contributed by atoms with Crippen LogP contribution in [0.5, 0.6) is 11.5 Å². The number of quaternary nitrogens is 1. The van der Waals surface area contributed by atoms with Crippen molar-refractivity contribution >= 4 is 10.9 Å². The zero-order valence-corrected chi connectivity index (χ0v) is 16.2. The molecule has 0 unspecified atom stereocenters. The maximum absolute atomic E-state index is 12.5. The van der Waals surface area contributed by atoms with Gasteiger partial charge in [-0.25, -0.2) is 4.98 Å². The molecule has 1 atom stereocenters. The second-order valence-corrected chi connectivity index (χ2v) is 6.86. The number of hydrogen-bond donors (Lipinski definition) is 2. The van der Waals surface area contributed by atoms with Gasteiger partial charge < -0.3 is 19.8 Å². The Bertz CT molecular complexity index is 968. The Hall–Kier alpha value is -2.86. The van der Waals surface area contributed by atoms with E-state index in [1.807, 2.05) is 18.2 Å². The van der Waals surface area contributed by atoms with Crippen molar-refractivity contribution < 1.29 is 14.8 Å². The monoisotopic (exact) mass is 368 g/mol. The predicted octanol–water partition coefficient (Wildman–Crippen LogP) is 2.40. The van der Waals surface area contributed by atoms with E-state index in [4.69, 9.17) is 9.47 Å². The number of methoxy groups -OCH3 is 2. The molecule has 2 aromatic carbocycles. The van der Waals surface area contributed by atoms with Gasteiger partial charge in [0, 0.05) is 17.5 Å². The van der Waals surface area contributed by atoms with Crippen molar-refractivity contribution in [2.75, 3.05) is 14.2 Å². The molecule has 0 saturated heterocycles. The number of rotatable bonds is 7. The van der Waals surface area contributed by atoms with Crippen molar-refractivity contribution in [2.45, 2.75) is 26.4 Å². The fourth-order valence-corrected chi connectivity index (χ4v) is 3.32. The summed E-state index contributed by atoms with van der Waals surface area (Å²) in [5, 5.41) is 2.70. The fourth-order valence-electron chi connectivity index (χ4n) is 3.32. The van der Waals surface area contributed by atoms with Crippen molar-refractivity contribution in [2.24, 2.45) is 5.92 Å². The molecule has 0 amide bonds. The van der Waals surface area contributed by atoms with Gasteiger partial charge in [0.05, 0.1) is 25.1 Å². The van der Waals surface area contributed by atoms with Crippen LogP contribution in [0.1, 0.15) is 31.3 Å². The van der Waals surface area contributed by atoms with Crippen LogP contribution < -0.4 is 20.3 Å². The first-order valence-electron chi connectivity index (χ1n) is 9.06. The minimum atomic E-state index is -0.176. The highest BCUT2D eigenvalue weighted by molar-refractivity contribution is 5.81. The number of H-pyrrole nitrogens is 1. The van der Waals surface area contributed by atoms with Crippen LogP contribution in [-0.4, -0.2) is 24.2 Å². The van der Waals surface area contributed by atoms with Crippen molar-refractivity contribution in [3.63, 3.8) is 0 Å². The maximum Gasteiger partial charge on any atom is 0.259 e. The van der Waals surface area contributed by atoms with Crippen molar-refractivity contribution in [3.8, 4) is 11.5 Å². The van der Waals surface area contributed by atoms with Crippen LogP contribution >= 0.6 is 0 Å². The molecule has 0 saturated carbocycles. The number of nitrogens with two attached hydrogens (primary N) is 1. The summed E-state index contributed by atoms with van der Waals surface area (Å²) in [5.74, 6) is 2.16. The second-order valence-electron chi connectivity index (χ2n) is 6.86. The Labute approximate surface area is 158 Å². The number of aromatic nitrogens is 2. The maximum atomic E-state index is 12.5. The molecule has 0 spiro atoms. The van der Waals surface area contributed by atoms with Gasteiger partial charge in [0.15, 0.2) is 17.3 Å². The molecule has 0 fully saturated rings. The highest BCUT2D eigenvalue weighted by atomic mass is 16.5. The molecule has 0 aliphatic carbocycles. The van der Waals surface area contributed by atoms with Gasteiger partial charge in [0.1, 0.15) is 12.6 Å². The van der Waals surface area contributed by atoms with Crippen molar-refractivity contribution in [1.82, 2.24) is 9.97 Å². The van der Waals surface area contributed by atoms with E-state index in [1.165, 1.54) is 5.56 Å². The Morgan fingerprint density at radius 2 is 1.74 bits per heavy atom. The highest BCUT2D eigenvalue weighted by Crippen LogP contribution is 2.29. The summed E-state index contributed by atoms with van der Waals surface area (Å²) in [6.07, 6.45) is 0. The molecule has 1 heterocycles. The van der Waals surface area contributed by atoms with Gasteiger partial charge >= 0.3 is 0 Å². The Morgan fingerprint density at radius 1 is 1.07 bits per heavy atom.